The van der Waals surface area contributed by atoms with Crippen LogP contribution in [0.5, 0.6) is 5.75 Å². The number of carbonyl (C=O) groups is 1. The van der Waals surface area contributed by atoms with Crippen LogP contribution < -0.4 is 10.1 Å². The van der Waals surface area contributed by atoms with E-state index in [4.69, 9.17) is 9.72 Å². The van der Waals surface area contributed by atoms with Crippen molar-refractivity contribution < 1.29 is 17.9 Å². The van der Waals surface area contributed by atoms with Crippen LogP contribution in [0.3, 0.4) is 0 Å². The lowest BCUT2D eigenvalue weighted by molar-refractivity contribution is -0.113. The van der Waals surface area contributed by atoms with E-state index in [1.54, 1.807) is 25.3 Å². The number of thioether (sulfide) groups is 1. The molecule has 0 saturated carbocycles. The first kappa shape index (κ1) is 28.7. The Balaban J connectivity index is 1.74. The van der Waals surface area contributed by atoms with Gasteiger partial charge in [0.1, 0.15) is 5.75 Å². The summed E-state index contributed by atoms with van der Waals surface area (Å²) in [5.74, 6) is 0.600. The molecular weight excluding hydrogens is 532 g/mol. The highest BCUT2D eigenvalue weighted by Crippen LogP contribution is 2.34. The predicted molar refractivity (Wildman–Crippen MR) is 158 cm³/mol. The number of sulfonamides is 1. The van der Waals surface area contributed by atoms with Crippen molar-refractivity contribution in [2.45, 2.75) is 44.7 Å². The van der Waals surface area contributed by atoms with Gasteiger partial charge in [-0.15, -0.1) is 0 Å². The van der Waals surface area contributed by atoms with Crippen LogP contribution in [-0.4, -0.2) is 54.1 Å². The summed E-state index contributed by atoms with van der Waals surface area (Å²) in [6, 6.07) is 16.6. The summed E-state index contributed by atoms with van der Waals surface area (Å²) in [5.41, 5.74) is 5.95. The number of carbonyl (C=O) groups excluding carboxylic acids is 1. The van der Waals surface area contributed by atoms with Crippen molar-refractivity contribution in [2.24, 2.45) is 0 Å². The van der Waals surface area contributed by atoms with Gasteiger partial charge in [-0.2, -0.15) is 4.31 Å². The second kappa shape index (κ2) is 11.8. The number of nitrogens with zero attached hydrogens (tertiary/aromatic N) is 3. The number of fused-ring (bicyclic) bond motifs is 1. The topological polar surface area (TPSA) is 93.5 Å². The third kappa shape index (κ3) is 5.83. The van der Waals surface area contributed by atoms with E-state index in [1.165, 1.54) is 16.1 Å². The Morgan fingerprint density at radius 1 is 1.03 bits per heavy atom. The molecule has 1 heterocycles. The number of nitrogens with one attached hydrogen (secondary N) is 1. The number of aryl methyl sites for hydroxylation is 3. The Kier molecular flexibility index (Phi) is 8.68. The standard InChI is InChI=1S/C29H34N4O4S2/c1-7-32(8-2)39(35,36)22-13-14-24-23(17-22)30-29(33(24)25-11-9-10-12-26(25)37-6)38-18-27(34)31-28-20(4)15-19(3)16-21(28)5/h9-17H,7-8,18H2,1-6H3,(H,31,34). The number of hydrogen-bond donors (Lipinski definition) is 1. The van der Waals surface area contributed by atoms with Gasteiger partial charge < -0.3 is 10.1 Å². The number of aromatic nitrogens is 2. The highest BCUT2D eigenvalue weighted by Gasteiger charge is 2.24. The fourth-order valence-corrected chi connectivity index (χ4v) is 7.04. The zero-order chi connectivity index (χ0) is 28.3. The molecular formula is C29H34N4O4S2. The summed E-state index contributed by atoms with van der Waals surface area (Å²) in [6.07, 6.45) is 0. The molecule has 1 N–H and O–H groups in total. The van der Waals surface area contributed by atoms with Gasteiger partial charge in [0.2, 0.25) is 15.9 Å². The smallest absolute Gasteiger partial charge is 0.243 e. The minimum Gasteiger partial charge on any atom is -0.495 e. The van der Waals surface area contributed by atoms with Crippen LogP contribution in [-0.2, 0) is 14.8 Å². The molecule has 0 aliphatic rings. The number of hydrogen-bond acceptors (Lipinski definition) is 6. The van der Waals surface area contributed by atoms with E-state index < -0.39 is 10.0 Å². The molecule has 3 aromatic carbocycles. The molecule has 4 aromatic rings. The first-order chi connectivity index (χ1) is 18.6. The molecule has 206 valence electrons. The van der Waals surface area contributed by atoms with Crippen molar-refractivity contribution in [1.82, 2.24) is 13.9 Å². The summed E-state index contributed by atoms with van der Waals surface area (Å²) >= 11 is 1.28. The Morgan fingerprint density at radius 2 is 1.69 bits per heavy atom. The molecule has 8 nitrogen and oxygen atoms in total. The van der Waals surface area contributed by atoms with Crippen LogP contribution >= 0.6 is 11.8 Å². The van der Waals surface area contributed by atoms with E-state index in [-0.39, 0.29) is 16.6 Å². The van der Waals surface area contributed by atoms with Gasteiger partial charge in [0.25, 0.3) is 0 Å². The van der Waals surface area contributed by atoms with Crippen molar-refractivity contribution in [2.75, 3.05) is 31.3 Å². The van der Waals surface area contributed by atoms with E-state index in [0.717, 1.165) is 28.1 Å². The predicted octanol–water partition coefficient (Wildman–Crippen LogP) is 5.72. The summed E-state index contributed by atoms with van der Waals surface area (Å²) in [4.78, 5) is 18.0. The van der Waals surface area contributed by atoms with Crippen LogP contribution in [0.15, 0.2) is 64.6 Å². The zero-order valence-corrected chi connectivity index (χ0v) is 24.7. The molecule has 4 rings (SSSR count). The van der Waals surface area contributed by atoms with Crippen LogP contribution in [0.25, 0.3) is 16.7 Å². The number of amides is 1. The first-order valence-corrected chi connectivity index (χ1v) is 15.2. The number of anilines is 1. The Morgan fingerprint density at radius 3 is 2.33 bits per heavy atom. The maximum absolute atomic E-state index is 13.2. The van der Waals surface area contributed by atoms with Crippen molar-refractivity contribution in [3.05, 3.63) is 71.3 Å². The maximum Gasteiger partial charge on any atom is 0.243 e. The third-order valence-corrected chi connectivity index (χ3v) is 9.52. The first-order valence-electron chi connectivity index (χ1n) is 12.8. The van der Waals surface area contributed by atoms with Crippen molar-refractivity contribution >= 4 is 44.4 Å². The van der Waals surface area contributed by atoms with E-state index in [0.29, 0.717) is 35.0 Å². The molecule has 0 fully saturated rings. The van der Waals surface area contributed by atoms with Crippen LogP contribution in [0.1, 0.15) is 30.5 Å². The van der Waals surface area contributed by atoms with Gasteiger partial charge in [-0.25, -0.2) is 13.4 Å². The summed E-state index contributed by atoms with van der Waals surface area (Å²) < 4.78 is 35.3. The molecule has 0 spiro atoms. The molecule has 0 saturated heterocycles. The number of imidazole rings is 1. The minimum absolute atomic E-state index is 0.121. The van der Waals surface area contributed by atoms with Crippen LogP contribution in [0.4, 0.5) is 5.69 Å². The van der Waals surface area contributed by atoms with Crippen LogP contribution in [0.2, 0.25) is 0 Å². The number of ether oxygens (including phenoxy) is 1. The Hall–Kier alpha value is -3.34. The van der Waals surface area contributed by atoms with E-state index >= 15 is 0 Å². The fraction of sp³-hybridized carbons (Fsp3) is 0.310. The second-order valence-corrected chi connectivity index (χ2v) is 12.1. The largest absolute Gasteiger partial charge is 0.495 e. The van der Waals surface area contributed by atoms with Crippen molar-refractivity contribution in [1.29, 1.82) is 0 Å². The molecule has 1 aromatic heterocycles. The van der Waals surface area contributed by atoms with Crippen LogP contribution in [0, 0.1) is 20.8 Å². The number of methoxy groups -OCH3 is 1. The van der Waals surface area contributed by atoms with E-state index in [1.807, 2.05) is 75.6 Å². The quantitative estimate of drug-likeness (QED) is 0.247. The van der Waals surface area contributed by atoms with Gasteiger partial charge >= 0.3 is 0 Å². The highest BCUT2D eigenvalue weighted by molar-refractivity contribution is 7.99. The lowest BCUT2D eigenvalue weighted by Gasteiger charge is -2.18. The molecule has 0 bridgehead atoms. The number of benzene rings is 3. The Labute approximate surface area is 234 Å². The van der Waals surface area contributed by atoms with Gasteiger partial charge in [-0.05, 0) is 62.2 Å². The lowest BCUT2D eigenvalue weighted by atomic mass is 10.1. The van der Waals surface area contributed by atoms with E-state index in [2.05, 4.69) is 5.32 Å². The average Bonchev–Trinajstić information content (AvgIpc) is 3.27. The Bertz CT molecular complexity index is 1600. The monoisotopic (exact) mass is 566 g/mol. The molecule has 0 aliphatic carbocycles. The summed E-state index contributed by atoms with van der Waals surface area (Å²) in [6.45, 7) is 10.4. The summed E-state index contributed by atoms with van der Waals surface area (Å²) in [7, 11) is -2.06. The van der Waals surface area contributed by atoms with E-state index in [9.17, 15) is 13.2 Å². The van der Waals surface area contributed by atoms with Crippen molar-refractivity contribution in [3.63, 3.8) is 0 Å². The molecule has 39 heavy (non-hydrogen) atoms. The molecule has 10 heteroatoms. The summed E-state index contributed by atoms with van der Waals surface area (Å²) in [5, 5.41) is 3.59. The number of para-hydroxylation sites is 2. The molecule has 0 unspecified atom stereocenters. The fourth-order valence-electron chi connectivity index (χ4n) is 4.74. The molecule has 1 amide bonds. The third-order valence-electron chi connectivity index (χ3n) is 6.54. The minimum atomic E-state index is -3.66. The van der Waals surface area contributed by atoms with Gasteiger partial charge in [0.05, 0.1) is 34.5 Å². The molecule has 0 radical (unpaired) electrons. The van der Waals surface area contributed by atoms with Gasteiger partial charge in [-0.1, -0.05) is 55.4 Å². The number of rotatable bonds is 10. The highest BCUT2D eigenvalue weighted by atomic mass is 32.2. The maximum atomic E-state index is 13.2. The molecule has 0 aliphatic heterocycles. The van der Waals surface area contributed by atoms with Crippen molar-refractivity contribution in [3.8, 4) is 11.4 Å². The lowest BCUT2D eigenvalue weighted by Crippen LogP contribution is -2.30. The zero-order valence-electron chi connectivity index (χ0n) is 23.1. The van der Waals surface area contributed by atoms with Gasteiger partial charge in [-0.3, -0.25) is 9.36 Å². The SMILES string of the molecule is CCN(CC)S(=O)(=O)c1ccc2c(c1)nc(SCC(=O)Nc1c(C)cc(C)cc1C)n2-c1ccccc1OC. The van der Waals surface area contributed by atoms with Gasteiger partial charge in [0, 0.05) is 18.8 Å². The second-order valence-electron chi connectivity index (χ2n) is 9.25. The van der Waals surface area contributed by atoms with Gasteiger partial charge in [0.15, 0.2) is 5.16 Å². The molecule has 0 atom stereocenters. The average molecular weight is 567 g/mol. The normalized spacial score (nSPS) is 11.8.